The fraction of sp³-hybridized carbons (Fsp3) is 1.00. The van der Waals surface area contributed by atoms with Crippen molar-refractivity contribution < 1.29 is 0 Å². The standard InChI is InChI=1S/C57H118P/c1-5-9-13-17-21-25-29-33-37-41-45-49-53-57-58(54-50-46-42-38-34-30-26-22-18-14-10-6-2,55-51-47-43-39-35-31-27-23-19-15-11-7-3)56-52-48-44-40-36-32-28-24-20-16-12-8-4/h5-57H2,1-4H3/q+1. The average molecular weight is 835 g/mol. The monoisotopic (exact) mass is 834 g/mol. The van der Waals surface area contributed by atoms with Gasteiger partial charge in [-0.3, -0.25) is 0 Å². The second kappa shape index (κ2) is 51.8. The van der Waals surface area contributed by atoms with Crippen LogP contribution in [0.3, 0.4) is 0 Å². The Kier molecular flexibility index (Phi) is 52.2. The Labute approximate surface area is 372 Å². The quantitative estimate of drug-likeness (QED) is 0.0423. The summed E-state index contributed by atoms with van der Waals surface area (Å²) in [4.78, 5) is 0. The Morgan fingerprint density at radius 2 is 0.241 bits per heavy atom. The molecule has 0 heterocycles. The minimum atomic E-state index is -0.818. The van der Waals surface area contributed by atoms with Crippen LogP contribution in [0.5, 0.6) is 0 Å². The van der Waals surface area contributed by atoms with E-state index in [2.05, 4.69) is 27.7 Å². The van der Waals surface area contributed by atoms with Crippen LogP contribution in [-0.4, -0.2) is 24.6 Å². The van der Waals surface area contributed by atoms with Crippen LogP contribution in [0.15, 0.2) is 0 Å². The predicted molar refractivity (Wildman–Crippen MR) is 275 cm³/mol. The van der Waals surface area contributed by atoms with E-state index in [-0.39, 0.29) is 0 Å². The maximum Gasteiger partial charge on any atom is 0.0594 e. The summed E-state index contributed by atoms with van der Waals surface area (Å²) in [7, 11) is -0.818. The van der Waals surface area contributed by atoms with Crippen LogP contribution in [0, 0.1) is 0 Å². The number of hydrogen-bond acceptors (Lipinski definition) is 0. The second-order valence-electron chi connectivity index (χ2n) is 20.1. The van der Waals surface area contributed by atoms with Gasteiger partial charge in [-0.1, -0.05) is 291 Å². The fourth-order valence-corrected chi connectivity index (χ4v) is 14.9. The summed E-state index contributed by atoms with van der Waals surface area (Å²) >= 11 is 0. The Hall–Kier alpha value is 0.430. The first-order valence-electron chi connectivity index (χ1n) is 28.6. The lowest BCUT2D eigenvalue weighted by Crippen LogP contribution is -2.13. The van der Waals surface area contributed by atoms with Crippen molar-refractivity contribution in [2.24, 2.45) is 0 Å². The molecule has 0 nitrogen and oxygen atoms in total. The summed E-state index contributed by atoms with van der Waals surface area (Å²) in [6, 6.07) is 0. The smallest absolute Gasteiger partial charge is 0.0594 e. The summed E-state index contributed by atoms with van der Waals surface area (Å²) in [5, 5.41) is 0. The van der Waals surface area contributed by atoms with E-state index in [0.717, 1.165) is 0 Å². The number of unbranched alkanes of at least 4 members (excludes halogenated alkanes) is 45. The fourth-order valence-electron chi connectivity index (χ4n) is 10.0. The molecule has 0 aromatic rings. The third-order valence-corrected chi connectivity index (χ3v) is 19.3. The van der Waals surface area contributed by atoms with Crippen LogP contribution in [-0.2, 0) is 0 Å². The van der Waals surface area contributed by atoms with Crippen LogP contribution in [0.1, 0.15) is 342 Å². The van der Waals surface area contributed by atoms with E-state index in [9.17, 15) is 0 Å². The minimum absolute atomic E-state index is 0.818. The molecule has 0 aliphatic rings. The van der Waals surface area contributed by atoms with Crippen molar-refractivity contribution in [3.05, 3.63) is 0 Å². The highest BCUT2D eigenvalue weighted by atomic mass is 31.2. The third kappa shape index (κ3) is 45.9. The van der Waals surface area contributed by atoms with Crippen LogP contribution in [0.25, 0.3) is 0 Å². The van der Waals surface area contributed by atoms with Crippen LogP contribution in [0.2, 0.25) is 0 Å². The van der Waals surface area contributed by atoms with Gasteiger partial charge >= 0.3 is 0 Å². The lowest BCUT2D eigenvalue weighted by atomic mass is 10.1. The molecule has 0 fully saturated rings. The van der Waals surface area contributed by atoms with Gasteiger partial charge in [-0.25, -0.2) is 0 Å². The SMILES string of the molecule is CCCCCCCCCCCCCCC[P+](CCCCCCCCCCCCCC)(CCCCCCCCCCCCCC)CCCCCCCCCCCCCC. The van der Waals surface area contributed by atoms with Crippen molar-refractivity contribution in [3.8, 4) is 0 Å². The Morgan fingerprint density at radius 3 is 0.362 bits per heavy atom. The zero-order valence-electron chi connectivity index (χ0n) is 41.9. The number of hydrogen-bond donors (Lipinski definition) is 0. The molecule has 0 aliphatic carbocycles. The summed E-state index contributed by atoms with van der Waals surface area (Å²) in [6.45, 7) is 9.35. The maximum absolute atomic E-state index is 2.34. The van der Waals surface area contributed by atoms with E-state index in [0.29, 0.717) is 0 Å². The second-order valence-corrected chi connectivity index (χ2v) is 24.6. The summed E-state index contributed by atoms with van der Waals surface area (Å²) in [5.74, 6) is 0. The largest absolute Gasteiger partial charge is 0.0654 e. The van der Waals surface area contributed by atoms with E-state index in [1.807, 2.05) is 0 Å². The molecule has 0 unspecified atom stereocenters. The summed E-state index contributed by atoms with van der Waals surface area (Å²) in [6.07, 6.45) is 79.8. The van der Waals surface area contributed by atoms with E-state index in [4.69, 9.17) is 0 Å². The van der Waals surface area contributed by atoms with Gasteiger partial charge in [-0.15, -0.1) is 0 Å². The molecule has 0 amide bonds. The summed E-state index contributed by atoms with van der Waals surface area (Å²) < 4.78 is 0. The molecule has 58 heavy (non-hydrogen) atoms. The molecule has 0 saturated carbocycles. The van der Waals surface area contributed by atoms with Crippen LogP contribution in [0.4, 0.5) is 0 Å². The number of rotatable bonds is 53. The molecular weight excluding hydrogens is 716 g/mol. The Balaban J connectivity index is 4.91. The van der Waals surface area contributed by atoms with E-state index in [1.54, 1.807) is 50.3 Å². The molecule has 0 atom stereocenters. The highest BCUT2D eigenvalue weighted by Gasteiger charge is 2.35. The molecule has 0 aromatic carbocycles. The van der Waals surface area contributed by atoms with Crippen molar-refractivity contribution >= 4 is 7.26 Å². The zero-order valence-corrected chi connectivity index (χ0v) is 42.8. The van der Waals surface area contributed by atoms with Gasteiger partial charge in [0.15, 0.2) is 0 Å². The molecule has 1 heteroatoms. The highest BCUT2D eigenvalue weighted by Crippen LogP contribution is 2.61. The van der Waals surface area contributed by atoms with Gasteiger partial charge in [0.1, 0.15) is 0 Å². The van der Waals surface area contributed by atoms with E-state index in [1.165, 1.54) is 289 Å². The molecule has 0 radical (unpaired) electrons. The molecule has 0 aliphatic heterocycles. The average Bonchev–Trinajstić information content (AvgIpc) is 3.23. The molecule has 350 valence electrons. The molecule has 0 aromatic heterocycles. The van der Waals surface area contributed by atoms with Crippen molar-refractivity contribution in [3.63, 3.8) is 0 Å². The van der Waals surface area contributed by atoms with Gasteiger partial charge in [0, 0.05) is 7.26 Å². The van der Waals surface area contributed by atoms with Crippen molar-refractivity contribution in [1.29, 1.82) is 0 Å². The molecule has 0 spiro atoms. The molecule has 0 bridgehead atoms. The lowest BCUT2D eigenvalue weighted by molar-refractivity contribution is 0.542. The minimum Gasteiger partial charge on any atom is -0.0654 e. The van der Waals surface area contributed by atoms with Gasteiger partial charge < -0.3 is 0 Å². The predicted octanol–water partition coefficient (Wildman–Crippen LogP) is 22.2. The van der Waals surface area contributed by atoms with Gasteiger partial charge in [0.05, 0.1) is 24.6 Å². The van der Waals surface area contributed by atoms with Crippen molar-refractivity contribution in [1.82, 2.24) is 0 Å². The molecule has 0 rings (SSSR count). The molecule has 0 saturated heterocycles. The van der Waals surface area contributed by atoms with Crippen LogP contribution >= 0.6 is 7.26 Å². The zero-order chi connectivity index (χ0) is 42.0. The van der Waals surface area contributed by atoms with Crippen molar-refractivity contribution in [2.75, 3.05) is 24.6 Å². The Bertz CT molecular complexity index is 630. The van der Waals surface area contributed by atoms with E-state index >= 15 is 0 Å². The van der Waals surface area contributed by atoms with Crippen LogP contribution < -0.4 is 0 Å². The lowest BCUT2D eigenvalue weighted by Gasteiger charge is -2.28. The maximum atomic E-state index is 2.34. The highest BCUT2D eigenvalue weighted by molar-refractivity contribution is 7.75. The van der Waals surface area contributed by atoms with Gasteiger partial charge in [0.2, 0.25) is 0 Å². The Morgan fingerprint density at radius 1 is 0.138 bits per heavy atom. The first-order valence-corrected chi connectivity index (χ1v) is 31.1. The first-order chi connectivity index (χ1) is 28.7. The molecular formula is C57H118P+. The topological polar surface area (TPSA) is 0 Å². The van der Waals surface area contributed by atoms with Gasteiger partial charge in [0.25, 0.3) is 0 Å². The summed E-state index contributed by atoms with van der Waals surface area (Å²) in [5.41, 5.74) is 0. The normalized spacial score (nSPS) is 12.0. The molecule has 0 N–H and O–H groups in total. The third-order valence-electron chi connectivity index (χ3n) is 14.2. The van der Waals surface area contributed by atoms with E-state index < -0.39 is 7.26 Å². The van der Waals surface area contributed by atoms with Crippen molar-refractivity contribution in [2.45, 2.75) is 342 Å². The first kappa shape index (κ1) is 58.4. The van der Waals surface area contributed by atoms with Gasteiger partial charge in [-0.05, 0) is 51.4 Å². The van der Waals surface area contributed by atoms with Gasteiger partial charge in [-0.2, -0.15) is 0 Å².